The predicted octanol–water partition coefficient (Wildman–Crippen LogP) is 6.66. The third-order valence-electron chi connectivity index (χ3n) is 13.3. The lowest BCUT2D eigenvalue weighted by atomic mass is 9.78. The molecule has 3 N–H and O–H groups in total. The van der Waals surface area contributed by atoms with Gasteiger partial charge in [-0.2, -0.15) is 9.49 Å². The van der Waals surface area contributed by atoms with Crippen molar-refractivity contribution >= 4 is 46.3 Å². The lowest BCUT2D eigenvalue weighted by Gasteiger charge is -2.39. The Balaban J connectivity index is 0.767. The van der Waals surface area contributed by atoms with Gasteiger partial charge in [0.05, 0.1) is 17.1 Å². The van der Waals surface area contributed by atoms with Gasteiger partial charge in [-0.05, 0) is 98.6 Å². The molecule has 4 fully saturated rings. The number of aryl methyl sites for hydroxylation is 1. The Bertz CT molecular complexity index is 2590. The molecule has 1 spiro atoms. The smallest absolute Gasteiger partial charge is 0.328 e. The molecule has 1 saturated carbocycles. The first-order valence-corrected chi connectivity index (χ1v) is 21.1. The summed E-state index contributed by atoms with van der Waals surface area (Å²) in [6.45, 7) is 5.28. The molecule has 4 aliphatic rings. The normalized spacial score (nSPS) is 20.2. The molecule has 3 aliphatic heterocycles. The second-order valence-corrected chi connectivity index (χ2v) is 17.1. The molecule has 0 atom stereocenters. The van der Waals surface area contributed by atoms with Gasteiger partial charge in [0.25, 0.3) is 11.8 Å². The van der Waals surface area contributed by atoms with E-state index < -0.39 is 40.7 Å². The van der Waals surface area contributed by atoms with E-state index in [1.807, 2.05) is 65.4 Å². The molecule has 9 rings (SSSR count). The molecule has 2 aromatic heterocycles. The summed E-state index contributed by atoms with van der Waals surface area (Å²) in [5.41, 5.74) is 3.92. The van der Waals surface area contributed by atoms with Crippen LogP contribution in [0.2, 0.25) is 0 Å². The topological polar surface area (TPSA) is 166 Å². The molecule has 5 heterocycles. The first-order chi connectivity index (χ1) is 29.8. The average molecular weight is 850 g/mol. The van der Waals surface area contributed by atoms with E-state index in [2.05, 4.69) is 15.5 Å². The van der Waals surface area contributed by atoms with Crippen LogP contribution in [-0.2, 0) is 4.79 Å². The van der Waals surface area contributed by atoms with Crippen LogP contribution in [0.25, 0.3) is 22.0 Å². The Labute approximate surface area is 355 Å². The van der Waals surface area contributed by atoms with Crippen molar-refractivity contribution in [2.45, 2.75) is 64.3 Å². The highest BCUT2D eigenvalue weighted by Gasteiger charge is 2.43. The minimum Gasteiger partial charge on any atom is -0.503 e. The van der Waals surface area contributed by atoms with Crippen molar-refractivity contribution in [3.8, 4) is 16.9 Å². The molecule has 5 amide bonds. The number of nitrogens with zero attached hydrogens (tertiary/aromatic N) is 7. The Kier molecular flexibility index (Phi) is 10.8. The van der Waals surface area contributed by atoms with Gasteiger partial charge in [0, 0.05) is 86.5 Å². The van der Waals surface area contributed by atoms with Crippen molar-refractivity contribution in [2.75, 3.05) is 49.1 Å². The largest absolute Gasteiger partial charge is 0.503 e. The highest BCUT2D eigenvalue weighted by Crippen LogP contribution is 2.42. The fourth-order valence-electron chi connectivity index (χ4n) is 9.44. The van der Waals surface area contributed by atoms with Gasteiger partial charge in [-0.25, -0.2) is 23.5 Å². The second kappa shape index (κ2) is 16.4. The van der Waals surface area contributed by atoms with Crippen LogP contribution in [0, 0.1) is 35.7 Å². The number of hydrogen-bond acceptors (Lipinski definition) is 9. The SMILES string of the molecule is Cc1ccc(C(=O)N2CCC3(CCN(c4ncc(-c5ccc6cn([C@H]7CC[C@H](CNC(=O)c8cc(F)c(O)c(F)c8F)CC7)nc6c5)cn4)CC3)C2)cc1N1CCC(=O)NC1=O. The number of carbonyl (C=O) groups excluding carboxylic acids is 4. The summed E-state index contributed by atoms with van der Waals surface area (Å²) >= 11 is 0. The number of carbonyl (C=O) groups is 4. The molecule has 14 nitrogen and oxygen atoms in total. The number of nitrogens with one attached hydrogen (secondary N) is 2. The number of anilines is 2. The van der Waals surface area contributed by atoms with Crippen LogP contribution in [0.3, 0.4) is 0 Å². The maximum absolute atomic E-state index is 14.2. The Morgan fingerprint density at radius 3 is 2.39 bits per heavy atom. The van der Waals surface area contributed by atoms with E-state index in [0.29, 0.717) is 36.4 Å². The lowest BCUT2D eigenvalue weighted by molar-refractivity contribution is -0.120. The summed E-state index contributed by atoms with van der Waals surface area (Å²) in [7, 11) is 0. The number of likely N-dealkylation sites (tertiary alicyclic amines) is 1. The molecule has 17 heteroatoms. The Morgan fingerprint density at radius 1 is 0.903 bits per heavy atom. The zero-order valence-corrected chi connectivity index (χ0v) is 34.2. The summed E-state index contributed by atoms with van der Waals surface area (Å²) in [6.07, 6.45) is 11.8. The number of amides is 5. The van der Waals surface area contributed by atoms with E-state index in [1.165, 1.54) is 4.90 Å². The summed E-state index contributed by atoms with van der Waals surface area (Å²) in [5.74, 6) is -6.75. The average Bonchev–Trinajstić information content (AvgIpc) is 3.91. The number of rotatable bonds is 8. The summed E-state index contributed by atoms with van der Waals surface area (Å²) in [5, 5.41) is 20.1. The molecule has 62 heavy (non-hydrogen) atoms. The van der Waals surface area contributed by atoms with E-state index in [-0.39, 0.29) is 48.7 Å². The minimum atomic E-state index is -1.79. The maximum atomic E-state index is 14.2. The zero-order valence-electron chi connectivity index (χ0n) is 34.2. The summed E-state index contributed by atoms with van der Waals surface area (Å²) in [4.78, 5) is 65.6. The molecule has 3 saturated heterocycles. The third-order valence-corrected chi connectivity index (χ3v) is 13.3. The van der Waals surface area contributed by atoms with Crippen LogP contribution < -0.4 is 20.4 Å². The fourth-order valence-corrected chi connectivity index (χ4v) is 9.44. The van der Waals surface area contributed by atoms with Crippen molar-refractivity contribution in [3.63, 3.8) is 0 Å². The monoisotopic (exact) mass is 849 g/mol. The van der Waals surface area contributed by atoms with Crippen LogP contribution in [0.5, 0.6) is 5.75 Å². The second-order valence-electron chi connectivity index (χ2n) is 17.1. The first kappa shape index (κ1) is 40.9. The van der Waals surface area contributed by atoms with E-state index >= 15 is 0 Å². The number of halogens is 3. The number of hydrogen-bond donors (Lipinski definition) is 3. The van der Waals surface area contributed by atoms with E-state index in [1.54, 1.807) is 6.07 Å². The molecule has 1 aliphatic carbocycles. The number of imide groups is 1. The number of phenolic OH excluding ortho intramolecular Hbond substituents is 1. The van der Waals surface area contributed by atoms with Crippen molar-refractivity contribution < 1.29 is 37.5 Å². The number of fused-ring (bicyclic) bond motifs is 1. The molecule has 0 unspecified atom stereocenters. The maximum Gasteiger partial charge on any atom is 0.328 e. The molecular formula is C45H46F3N9O5. The standard InChI is InChI=1S/C45H46F3N9O5/c1-26-2-5-29(19-36(26)56-14-10-37(58)52-44(56)62)42(61)55-17-13-45(25-55)11-15-54(16-12-45)43-50-22-31(23-51-43)28-6-7-30-24-57(53-35(30)18-28)32-8-3-27(4-9-32)21-49-41(60)33-20-34(46)40(59)39(48)38(33)47/h2,5-7,18-20,22-24,27,32,59H,3-4,8-17,21,25H2,1H3,(H,49,60)(H,52,58,62)/t27-,32-. The van der Waals surface area contributed by atoms with Gasteiger partial charge in [-0.1, -0.05) is 18.2 Å². The van der Waals surface area contributed by atoms with Gasteiger partial charge in [0.2, 0.25) is 17.7 Å². The van der Waals surface area contributed by atoms with Gasteiger partial charge in [0.15, 0.2) is 17.4 Å². The fraction of sp³-hybridized carbons (Fsp3) is 0.400. The minimum absolute atomic E-state index is 0.0193. The number of urea groups is 1. The molecule has 0 bridgehead atoms. The van der Waals surface area contributed by atoms with Gasteiger partial charge in [-0.3, -0.25) is 29.3 Å². The molecular weight excluding hydrogens is 804 g/mol. The number of benzene rings is 3. The van der Waals surface area contributed by atoms with Crippen LogP contribution >= 0.6 is 0 Å². The van der Waals surface area contributed by atoms with Gasteiger partial charge in [-0.15, -0.1) is 0 Å². The number of aromatic nitrogens is 4. The number of piperidine rings is 1. The van der Waals surface area contributed by atoms with Gasteiger partial charge in [0.1, 0.15) is 0 Å². The summed E-state index contributed by atoms with van der Waals surface area (Å²) in [6, 6.07) is 11.7. The quantitative estimate of drug-likeness (QED) is 0.145. The van der Waals surface area contributed by atoms with E-state index in [0.717, 1.165) is 85.6 Å². The van der Waals surface area contributed by atoms with Crippen LogP contribution in [0.1, 0.15) is 83.7 Å². The van der Waals surface area contributed by atoms with Crippen molar-refractivity contribution in [2.24, 2.45) is 11.3 Å². The Morgan fingerprint density at radius 2 is 1.65 bits per heavy atom. The van der Waals surface area contributed by atoms with Crippen molar-refractivity contribution in [3.05, 3.63) is 95.2 Å². The van der Waals surface area contributed by atoms with Crippen LogP contribution in [0.15, 0.2) is 61.1 Å². The molecule has 5 aromatic rings. The Hall–Kier alpha value is -6.52. The van der Waals surface area contributed by atoms with Crippen LogP contribution in [-0.4, -0.2) is 92.8 Å². The summed E-state index contributed by atoms with van der Waals surface area (Å²) < 4.78 is 43.6. The zero-order chi connectivity index (χ0) is 43.3. The van der Waals surface area contributed by atoms with Gasteiger partial charge < -0.3 is 20.2 Å². The third kappa shape index (κ3) is 7.91. The van der Waals surface area contributed by atoms with E-state index in [9.17, 15) is 37.5 Å². The highest BCUT2D eigenvalue weighted by atomic mass is 19.2. The molecule has 3 aromatic carbocycles. The lowest BCUT2D eigenvalue weighted by Crippen LogP contribution is -2.49. The van der Waals surface area contributed by atoms with E-state index in [4.69, 9.17) is 15.1 Å². The molecule has 0 radical (unpaired) electrons. The van der Waals surface area contributed by atoms with Crippen molar-refractivity contribution in [1.82, 2.24) is 35.3 Å². The molecule has 322 valence electrons. The first-order valence-electron chi connectivity index (χ1n) is 21.1. The number of aromatic hydroxyl groups is 1. The highest BCUT2D eigenvalue weighted by molar-refractivity contribution is 6.06. The van der Waals surface area contributed by atoms with Crippen LogP contribution in [0.4, 0.5) is 29.6 Å². The van der Waals surface area contributed by atoms with Gasteiger partial charge >= 0.3 is 6.03 Å². The number of phenols is 1. The predicted molar refractivity (Wildman–Crippen MR) is 223 cm³/mol. The van der Waals surface area contributed by atoms with Crippen molar-refractivity contribution in [1.29, 1.82) is 0 Å².